The summed E-state index contributed by atoms with van der Waals surface area (Å²) in [5.41, 5.74) is -0.00425. The number of rotatable bonds is 4. The topological polar surface area (TPSA) is 62.5 Å². The number of nitrogens with zero attached hydrogens (tertiary/aromatic N) is 4. The molecule has 0 unspecified atom stereocenters. The normalized spacial score (nSPS) is 16.7. The minimum atomic E-state index is -0.435. The van der Waals surface area contributed by atoms with E-state index < -0.39 is 4.92 Å². The van der Waals surface area contributed by atoms with Crippen LogP contribution in [-0.2, 0) is 0 Å². The third kappa shape index (κ3) is 3.80. The fourth-order valence-electron chi connectivity index (χ4n) is 2.60. The number of halogens is 1. The Labute approximate surface area is 123 Å². The highest BCUT2D eigenvalue weighted by Crippen LogP contribution is 2.27. The first-order valence-electron chi connectivity index (χ1n) is 6.67. The molecule has 0 atom stereocenters. The number of aromatic nitrogens is 1. The van der Waals surface area contributed by atoms with Gasteiger partial charge >= 0.3 is 0 Å². The van der Waals surface area contributed by atoms with Crippen LogP contribution in [0.5, 0.6) is 0 Å². The molecule has 1 aliphatic rings. The van der Waals surface area contributed by atoms with E-state index >= 15 is 0 Å². The molecule has 0 radical (unpaired) electrons. The molecule has 1 aliphatic heterocycles. The van der Waals surface area contributed by atoms with Crippen molar-refractivity contribution in [1.29, 1.82) is 0 Å². The molecule has 0 bridgehead atoms. The molecule has 110 valence electrons. The average molecular weight is 299 g/mol. The summed E-state index contributed by atoms with van der Waals surface area (Å²) in [7, 11) is 4.16. The maximum atomic E-state index is 10.9. The molecule has 20 heavy (non-hydrogen) atoms. The second-order valence-corrected chi connectivity index (χ2v) is 5.84. The number of piperidine rings is 1. The molecule has 0 aromatic carbocycles. The van der Waals surface area contributed by atoms with Crippen LogP contribution in [0.15, 0.2) is 12.1 Å². The van der Waals surface area contributed by atoms with Gasteiger partial charge in [0.2, 0.25) is 0 Å². The molecular formula is C13H19ClN4O2. The zero-order valence-electron chi connectivity index (χ0n) is 11.8. The van der Waals surface area contributed by atoms with Crippen molar-refractivity contribution in [2.45, 2.75) is 12.8 Å². The van der Waals surface area contributed by atoms with Gasteiger partial charge in [-0.15, -0.1) is 0 Å². The second-order valence-electron chi connectivity index (χ2n) is 5.46. The fraction of sp³-hybridized carbons (Fsp3) is 0.615. The highest BCUT2D eigenvalue weighted by atomic mass is 35.5. The standard InChI is InChI=1S/C13H19ClN4O2/c1-16(2)9-10-3-5-17(6-4-10)13-8-11(18(19)20)7-12(14)15-13/h7-8,10H,3-6,9H2,1-2H3. The van der Waals surface area contributed by atoms with E-state index in [-0.39, 0.29) is 10.8 Å². The Morgan fingerprint density at radius 2 is 2.10 bits per heavy atom. The first-order valence-corrected chi connectivity index (χ1v) is 7.05. The summed E-state index contributed by atoms with van der Waals surface area (Å²) < 4.78 is 0. The van der Waals surface area contributed by atoms with Gasteiger partial charge in [0.15, 0.2) is 0 Å². The zero-order chi connectivity index (χ0) is 14.7. The number of hydrogen-bond acceptors (Lipinski definition) is 5. The van der Waals surface area contributed by atoms with Crippen LogP contribution in [0.4, 0.5) is 11.5 Å². The van der Waals surface area contributed by atoms with Gasteiger partial charge in [0.25, 0.3) is 5.69 Å². The van der Waals surface area contributed by atoms with Gasteiger partial charge in [-0.1, -0.05) is 11.6 Å². The first kappa shape index (κ1) is 15.0. The van der Waals surface area contributed by atoms with Crippen LogP contribution in [0.2, 0.25) is 5.15 Å². The molecule has 0 amide bonds. The van der Waals surface area contributed by atoms with Crippen molar-refractivity contribution in [2.24, 2.45) is 5.92 Å². The van der Waals surface area contributed by atoms with E-state index in [1.54, 1.807) is 0 Å². The summed E-state index contributed by atoms with van der Waals surface area (Å²) >= 11 is 5.86. The van der Waals surface area contributed by atoms with E-state index in [1.807, 2.05) is 0 Å². The lowest BCUT2D eigenvalue weighted by molar-refractivity contribution is -0.384. The van der Waals surface area contributed by atoms with Crippen molar-refractivity contribution in [2.75, 3.05) is 38.6 Å². The molecule has 0 saturated carbocycles. The first-order chi connectivity index (χ1) is 9.45. The Morgan fingerprint density at radius 1 is 1.45 bits per heavy atom. The van der Waals surface area contributed by atoms with E-state index in [1.165, 1.54) is 12.1 Å². The predicted octanol–water partition coefficient (Wildman–Crippen LogP) is 2.42. The van der Waals surface area contributed by atoms with Gasteiger partial charge in [0.05, 0.1) is 17.1 Å². The maximum Gasteiger partial charge on any atom is 0.276 e. The Kier molecular flexibility index (Phi) is 4.77. The predicted molar refractivity (Wildman–Crippen MR) is 79.4 cm³/mol. The van der Waals surface area contributed by atoms with Gasteiger partial charge in [0, 0.05) is 19.6 Å². The Hall–Kier alpha value is -1.40. The molecule has 1 fully saturated rings. The second kappa shape index (κ2) is 6.37. The van der Waals surface area contributed by atoms with Crippen LogP contribution in [0.25, 0.3) is 0 Å². The third-order valence-electron chi connectivity index (χ3n) is 3.54. The zero-order valence-corrected chi connectivity index (χ0v) is 12.5. The number of anilines is 1. The molecule has 7 heteroatoms. The summed E-state index contributed by atoms with van der Waals surface area (Å²) in [6, 6.07) is 2.78. The minimum absolute atomic E-state index is 0.00425. The molecule has 1 saturated heterocycles. The van der Waals surface area contributed by atoms with Gasteiger partial charge < -0.3 is 9.80 Å². The Balaban J connectivity index is 2.05. The summed E-state index contributed by atoms with van der Waals surface area (Å²) in [6.45, 7) is 2.81. The highest BCUT2D eigenvalue weighted by molar-refractivity contribution is 6.29. The molecule has 1 aromatic heterocycles. The van der Waals surface area contributed by atoms with E-state index in [0.29, 0.717) is 11.7 Å². The third-order valence-corrected chi connectivity index (χ3v) is 3.73. The van der Waals surface area contributed by atoms with Gasteiger partial charge in [0.1, 0.15) is 11.0 Å². The van der Waals surface area contributed by atoms with E-state index in [2.05, 4.69) is 28.9 Å². The van der Waals surface area contributed by atoms with Crippen LogP contribution in [0.1, 0.15) is 12.8 Å². The van der Waals surface area contributed by atoms with Crippen LogP contribution in [-0.4, -0.2) is 48.5 Å². The lowest BCUT2D eigenvalue weighted by Crippen LogP contribution is -2.37. The number of nitro groups is 1. The van der Waals surface area contributed by atoms with Crippen LogP contribution in [0.3, 0.4) is 0 Å². The molecule has 1 aromatic rings. The van der Waals surface area contributed by atoms with Crippen molar-refractivity contribution in [3.63, 3.8) is 0 Å². The summed E-state index contributed by atoms with van der Waals surface area (Å²) in [4.78, 5) is 18.9. The number of hydrogen-bond donors (Lipinski definition) is 0. The number of pyridine rings is 1. The fourth-order valence-corrected chi connectivity index (χ4v) is 2.80. The van der Waals surface area contributed by atoms with Crippen LogP contribution >= 0.6 is 11.6 Å². The molecule has 0 spiro atoms. The van der Waals surface area contributed by atoms with E-state index in [4.69, 9.17) is 11.6 Å². The smallest absolute Gasteiger partial charge is 0.276 e. The summed E-state index contributed by atoms with van der Waals surface area (Å²) in [5, 5.41) is 11.0. The van der Waals surface area contributed by atoms with Crippen LogP contribution < -0.4 is 4.90 Å². The molecule has 0 N–H and O–H groups in total. The quantitative estimate of drug-likeness (QED) is 0.485. The maximum absolute atomic E-state index is 10.9. The van der Waals surface area contributed by atoms with Crippen molar-refractivity contribution in [3.8, 4) is 0 Å². The largest absolute Gasteiger partial charge is 0.356 e. The van der Waals surface area contributed by atoms with E-state index in [9.17, 15) is 10.1 Å². The Morgan fingerprint density at radius 3 is 2.65 bits per heavy atom. The Bertz CT molecular complexity index is 487. The van der Waals surface area contributed by atoms with Gasteiger partial charge in [-0.05, 0) is 32.9 Å². The van der Waals surface area contributed by atoms with Crippen LogP contribution in [0, 0.1) is 16.0 Å². The lowest BCUT2D eigenvalue weighted by atomic mass is 9.96. The highest BCUT2D eigenvalue weighted by Gasteiger charge is 2.22. The lowest BCUT2D eigenvalue weighted by Gasteiger charge is -2.33. The molecule has 0 aliphatic carbocycles. The summed E-state index contributed by atoms with van der Waals surface area (Å²) in [6.07, 6.45) is 2.14. The van der Waals surface area contributed by atoms with Gasteiger partial charge in [-0.3, -0.25) is 10.1 Å². The average Bonchev–Trinajstić information content (AvgIpc) is 2.38. The SMILES string of the molecule is CN(C)CC1CCN(c2cc([N+](=O)[O-])cc(Cl)n2)CC1. The monoisotopic (exact) mass is 298 g/mol. The molecule has 6 nitrogen and oxygen atoms in total. The van der Waals surface area contributed by atoms with Crippen molar-refractivity contribution in [3.05, 3.63) is 27.4 Å². The van der Waals surface area contributed by atoms with Crippen molar-refractivity contribution >= 4 is 23.1 Å². The molecule has 2 heterocycles. The van der Waals surface area contributed by atoms with Crippen molar-refractivity contribution in [1.82, 2.24) is 9.88 Å². The minimum Gasteiger partial charge on any atom is -0.356 e. The van der Waals surface area contributed by atoms with E-state index in [0.717, 1.165) is 32.5 Å². The summed E-state index contributed by atoms with van der Waals surface area (Å²) in [5.74, 6) is 1.28. The van der Waals surface area contributed by atoms with Gasteiger partial charge in [-0.25, -0.2) is 4.98 Å². The molecular weight excluding hydrogens is 280 g/mol. The van der Waals surface area contributed by atoms with Crippen molar-refractivity contribution < 1.29 is 4.92 Å². The van der Waals surface area contributed by atoms with Gasteiger partial charge in [-0.2, -0.15) is 0 Å². The molecule has 2 rings (SSSR count).